The third kappa shape index (κ3) is 5.29. The van der Waals surface area contributed by atoms with Gasteiger partial charge in [-0.1, -0.05) is 41.9 Å². The molecule has 12 heteroatoms. The van der Waals surface area contributed by atoms with E-state index in [4.69, 9.17) is 21.1 Å². The zero-order valence-corrected chi connectivity index (χ0v) is 24.5. The van der Waals surface area contributed by atoms with Gasteiger partial charge in [0, 0.05) is 23.5 Å². The zero-order valence-electron chi connectivity index (χ0n) is 22.9. The van der Waals surface area contributed by atoms with Gasteiger partial charge in [-0.15, -0.1) is 0 Å². The van der Waals surface area contributed by atoms with Crippen LogP contribution in [0.2, 0.25) is 0 Å². The van der Waals surface area contributed by atoms with Gasteiger partial charge in [0.2, 0.25) is 10.0 Å². The van der Waals surface area contributed by atoms with E-state index in [9.17, 15) is 22.8 Å². The smallest absolute Gasteiger partial charge is 0.407 e. The Balaban J connectivity index is 1.09. The minimum absolute atomic E-state index is 0.0659. The lowest BCUT2D eigenvalue weighted by Gasteiger charge is -2.28. The minimum atomic E-state index is -3.92. The first-order valence-electron chi connectivity index (χ1n) is 14.1. The number of alkyl halides is 1. The fourth-order valence-electron chi connectivity index (χ4n) is 6.68. The summed E-state index contributed by atoms with van der Waals surface area (Å²) in [6, 6.07) is 13.6. The number of aromatic nitrogens is 1. The number of H-pyrrole nitrogens is 1. The van der Waals surface area contributed by atoms with Crippen LogP contribution in [0.1, 0.15) is 55.6 Å². The highest BCUT2D eigenvalue weighted by molar-refractivity contribution is 7.89. The molecule has 1 aromatic heterocycles. The number of benzene rings is 2. The molecule has 3 fully saturated rings. The van der Waals surface area contributed by atoms with Crippen molar-refractivity contribution >= 4 is 44.5 Å². The van der Waals surface area contributed by atoms with Crippen molar-refractivity contribution in [2.75, 3.05) is 12.6 Å². The molecule has 2 heterocycles. The Labute approximate surface area is 248 Å². The number of hydrogen-bond acceptors (Lipinski definition) is 7. The number of nitrogens with zero attached hydrogens (tertiary/aromatic N) is 1. The van der Waals surface area contributed by atoms with Gasteiger partial charge in [-0.25, -0.2) is 13.2 Å². The van der Waals surface area contributed by atoms with Gasteiger partial charge in [-0.3, -0.25) is 9.59 Å². The van der Waals surface area contributed by atoms with Crippen LogP contribution in [0.5, 0.6) is 0 Å². The van der Waals surface area contributed by atoms with Gasteiger partial charge < -0.3 is 19.8 Å². The van der Waals surface area contributed by atoms with Crippen LogP contribution >= 0.6 is 11.6 Å². The molecule has 222 valence electrons. The molecule has 1 saturated heterocycles. The van der Waals surface area contributed by atoms with E-state index in [0.29, 0.717) is 36.5 Å². The molecule has 6 rings (SSSR count). The molecule has 0 radical (unpaired) electrons. The summed E-state index contributed by atoms with van der Waals surface area (Å²) >= 11 is 5.53. The van der Waals surface area contributed by atoms with Crippen LogP contribution in [0, 0.1) is 5.92 Å². The standard InChI is InChI=1S/C30H32ClN3O7S/c31-18-41-28(36)22-8-7-21(16-22)20-4-1-3-19(15-20)17-40-29(37)33-26-10-14-34(30(26)11-12-30)42(38,39)25-6-2-5-24-23(25)9-13-32-27(24)35/h1-6,9,13,15,21-22,26H,7-8,10-12,14,16-18H2,(H,32,35)(H,33,37). The molecule has 3 aromatic rings. The van der Waals surface area contributed by atoms with Crippen LogP contribution < -0.4 is 10.9 Å². The molecule has 3 aliphatic rings. The Bertz CT molecular complexity index is 1690. The monoisotopic (exact) mass is 613 g/mol. The quantitative estimate of drug-likeness (QED) is 0.284. The van der Waals surface area contributed by atoms with E-state index in [2.05, 4.69) is 10.3 Å². The van der Waals surface area contributed by atoms with Crippen molar-refractivity contribution in [1.82, 2.24) is 14.6 Å². The molecule has 2 N–H and O–H groups in total. The number of aromatic amines is 1. The van der Waals surface area contributed by atoms with Crippen molar-refractivity contribution in [3.05, 3.63) is 76.2 Å². The molecule has 1 aliphatic heterocycles. The van der Waals surface area contributed by atoms with E-state index in [0.717, 1.165) is 24.0 Å². The number of carbonyl (C=O) groups excluding carboxylic acids is 2. The van der Waals surface area contributed by atoms with Gasteiger partial charge in [0.25, 0.3) is 5.56 Å². The van der Waals surface area contributed by atoms with E-state index in [-0.39, 0.29) is 53.5 Å². The average Bonchev–Trinajstić information content (AvgIpc) is 3.46. The number of sulfonamides is 1. The molecule has 2 saturated carbocycles. The maximum atomic E-state index is 13.8. The number of halogens is 1. The van der Waals surface area contributed by atoms with Gasteiger partial charge in [0.1, 0.15) is 6.61 Å². The van der Waals surface area contributed by atoms with Gasteiger partial charge in [-0.05, 0) is 73.8 Å². The van der Waals surface area contributed by atoms with Crippen LogP contribution in [0.3, 0.4) is 0 Å². The maximum Gasteiger partial charge on any atom is 0.407 e. The molecule has 0 bridgehead atoms. The number of amides is 1. The Morgan fingerprint density at radius 1 is 1.05 bits per heavy atom. The van der Waals surface area contributed by atoms with E-state index >= 15 is 0 Å². The molecular formula is C30H32ClN3O7S. The Hall–Kier alpha value is -3.41. The summed E-state index contributed by atoms with van der Waals surface area (Å²) in [5.74, 6) is -0.206. The van der Waals surface area contributed by atoms with Crippen molar-refractivity contribution < 1.29 is 27.5 Å². The molecule has 1 spiro atoms. The molecule has 2 aliphatic carbocycles. The lowest BCUT2D eigenvalue weighted by atomic mass is 9.95. The van der Waals surface area contributed by atoms with Gasteiger partial charge in [0.05, 0.1) is 22.4 Å². The lowest BCUT2D eigenvalue weighted by Crippen LogP contribution is -2.48. The van der Waals surface area contributed by atoms with E-state index in [1.54, 1.807) is 18.2 Å². The summed E-state index contributed by atoms with van der Waals surface area (Å²) in [4.78, 5) is 39.8. The summed E-state index contributed by atoms with van der Waals surface area (Å²) in [6.07, 6.45) is 4.88. The summed E-state index contributed by atoms with van der Waals surface area (Å²) in [7, 11) is -3.92. The van der Waals surface area contributed by atoms with Crippen LogP contribution in [-0.4, -0.2) is 54.0 Å². The number of carbonyl (C=O) groups is 2. The molecule has 3 unspecified atom stereocenters. The Morgan fingerprint density at radius 3 is 2.64 bits per heavy atom. The fourth-order valence-corrected chi connectivity index (χ4v) is 8.86. The topological polar surface area (TPSA) is 135 Å². The molecule has 1 amide bonds. The number of ether oxygens (including phenoxy) is 2. The second kappa shape index (κ2) is 11.3. The number of alkyl carbamates (subject to hydrolysis) is 1. The highest BCUT2D eigenvalue weighted by atomic mass is 35.5. The van der Waals surface area contributed by atoms with Gasteiger partial charge in [0.15, 0.2) is 6.07 Å². The SMILES string of the molecule is O=C(NC1CCN(S(=O)(=O)c2cccc3c(=O)[nH]ccc23)C12CC2)OCc1cccc(C2CCC(C(=O)OCCl)C2)c1. The van der Waals surface area contributed by atoms with Gasteiger partial charge >= 0.3 is 12.1 Å². The number of hydrogen-bond donors (Lipinski definition) is 2. The second-order valence-electron chi connectivity index (χ2n) is 11.3. The average molecular weight is 614 g/mol. The number of pyridine rings is 1. The van der Waals surface area contributed by atoms with Crippen LogP contribution in [0.15, 0.2) is 64.4 Å². The first kappa shape index (κ1) is 28.7. The summed E-state index contributed by atoms with van der Waals surface area (Å²) in [6.45, 7) is 0.326. The highest BCUT2D eigenvalue weighted by Crippen LogP contribution is 2.52. The zero-order chi connectivity index (χ0) is 29.5. The van der Waals surface area contributed by atoms with Crippen molar-refractivity contribution in [2.45, 2.75) is 67.5 Å². The first-order valence-corrected chi connectivity index (χ1v) is 16.1. The first-order chi connectivity index (χ1) is 20.2. The number of fused-ring (bicyclic) bond motifs is 1. The van der Waals surface area contributed by atoms with Gasteiger partial charge in [-0.2, -0.15) is 4.31 Å². The molecular weight excluding hydrogens is 582 g/mol. The third-order valence-corrected chi connectivity index (χ3v) is 11.1. The third-order valence-electron chi connectivity index (χ3n) is 8.92. The number of rotatable bonds is 8. The molecule has 42 heavy (non-hydrogen) atoms. The lowest BCUT2D eigenvalue weighted by molar-refractivity contribution is -0.146. The summed E-state index contributed by atoms with van der Waals surface area (Å²) in [5, 5.41) is 3.60. The number of esters is 1. The maximum absolute atomic E-state index is 13.8. The van der Waals surface area contributed by atoms with Crippen LogP contribution in [-0.2, 0) is 30.9 Å². The number of nitrogens with one attached hydrogen (secondary N) is 2. The largest absolute Gasteiger partial charge is 0.449 e. The summed E-state index contributed by atoms with van der Waals surface area (Å²) < 4.78 is 39.6. The predicted octanol–water partition coefficient (Wildman–Crippen LogP) is 4.37. The van der Waals surface area contributed by atoms with E-state index in [1.165, 1.54) is 16.6 Å². The summed E-state index contributed by atoms with van der Waals surface area (Å²) in [5.41, 5.74) is 0.864. The minimum Gasteiger partial charge on any atom is -0.449 e. The van der Waals surface area contributed by atoms with E-state index in [1.807, 2.05) is 24.3 Å². The van der Waals surface area contributed by atoms with Crippen molar-refractivity contribution in [3.63, 3.8) is 0 Å². The highest BCUT2D eigenvalue weighted by Gasteiger charge is 2.62. The molecule has 2 aromatic carbocycles. The van der Waals surface area contributed by atoms with Crippen LogP contribution in [0.25, 0.3) is 10.8 Å². The predicted molar refractivity (Wildman–Crippen MR) is 155 cm³/mol. The van der Waals surface area contributed by atoms with Crippen LogP contribution in [0.4, 0.5) is 4.79 Å². The molecule has 10 nitrogen and oxygen atoms in total. The van der Waals surface area contributed by atoms with Crippen molar-refractivity contribution in [2.24, 2.45) is 5.92 Å². The van der Waals surface area contributed by atoms with Crippen molar-refractivity contribution in [3.8, 4) is 0 Å². The van der Waals surface area contributed by atoms with Crippen molar-refractivity contribution in [1.29, 1.82) is 0 Å². The second-order valence-corrected chi connectivity index (χ2v) is 13.3. The Kier molecular flexibility index (Phi) is 7.75. The fraction of sp³-hybridized carbons (Fsp3) is 0.433. The van der Waals surface area contributed by atoms with E-state index < -0.39 is 21.7 Å². The Morgan fingerprint density at radius 2 is 1.86 bits per heavy atom. The molecule has 3 atom stereocenters. The normalized spacial score (nSPS) is 23.2.